The van der Waals surface area contributed by atoms with Crippen molar-refractivity contribution in [2.75, 3.05) is 25.0 Å². The van der Waals surface area contributed by atoms with Crippen LogP contribution in [0.1, 0.15) is 12.8 Å². The maximum Gasteiger partial charge on any atom is 0.0174 e. The van der Waals surface area contributed by atoms with E-state index in [2.05, 4.69) is 20.8 Å². The molecule has 70 valence electrons. The zero-order valence-corrected chi connectivity index (χ0v) is 9.52. The van der Waals surface area contributed by atoms with Gasteiger partial charge in [-0.3, -0.25) is 4.90 Å². The lowest BCUT2D eigenvalue weighted by atomic mass is 10.0. The first-order valence-corrected chi connectivity index (χ1v) is 5.96. The lowest BCUT2D eigenvalue weighted by Crippen LogP contribution is -2.35. The van der Waals surface area contributed by atoms with Gasteiger partial charge in [0.15, 0.2) is 0 Å². The molecule has 0 aromatic heterocycles. The summed E-state index contributed by atoms with van der Waals surface area (Å²) in [5.41, 5.74) is 1.61. The standard InChI is InChI=1S/C9H15BrClN/c10-7-9-3-1-5-12(8-9)6-2-4-11/h2,4,9H,1,3,5-8H2/b4-2+. The third-order valence-electron chi connectivity index (χ3n) is 2.27. The number of halogens is 2. The van der Waals surface area contributed by atoms with Gasteiger partial charge in [0.05, 0.1) is 0 Å². The first-order chi connectivity index (χ1) is 5.86. The molecule has 0 aliphatic carbocycles. The smallest absolute Gasteiger partial charge is 0.0174 e. The van der Waals surface area contributed by atoms with Gasteiger partial charge in [-0.1, -0.05) is 33.6 Å². The van der Waals surface area contributed by atoms with Crippen LogP contribution in [0.25, 0.3) is 0 Å². The van der Waals surface area contributed by atoms with E-state index in [-0.39, 0.29) is 0 Å². The van der Waals surface area contributed by atoms with E-state index in [1.165, 1.54) is 25.9 Å². The maximum atomic E-state index is 5.47. The van der Waals surface area contributed by atoms with Crippen molar-refractivity contribution < 1.29 is 0 Å². The fourth-order valence-electron chi connectivity index (χ4n) is 1.63. The summed E-state index contributed by atoms with van der Waals surface area (Å²) in [4.78, 5) is 2.45. The second-order valence-electron chi connectivity index (χ2n) is 3.28. The van der Waals surface area contributed by atoms with Crippen LogP contribution in [0.4, 0.5) is 0 Å². The van der Waals surface area contributed by atoms with Gasteiger partial charge in [0.25, 0.3) is 0 Å². The number of alkyl halides is 1. The van der Waals surface area contributed by atoms with Crippen molar-refractivity contribution in [1.29, 1.82) is 0 Å². The fourth-order valence-corrected chi connectivity index (χ4v) is 2.24. The van der Waals surface area contributed by atoms with Crippen molar-refractivity contribution in [3.8, 4) is 0 Å². The second kappa shape index (κ2) is 6.01. The van der Waals surface area contributed by atoms with E-state index in [1.807, 2.05) is 6.08 Å². The highest BCUT2D eigenvalue weighted by molar-refractivity contribution is 9.09. The Hall–Kier alpha value is 0.470. The number of nitrogens with zero attached hydrogens (tertiary/aromatic N) is 1. The Morgan fingerprint density at radius 2 is 2.42 bits per heavy atom. The van der Waals surface area contributed by atoms with Crippen molar-refractivity contribution in [2.45, 2.75) is 12.8 Å². The van der Waals surface area contributed by atoms with Crippen molar-refractivity contribution in [3.05, 3.63) is 11.6 Å². The van der Waals surface area contributed by atoms with E-state index < -0.39 is 0 Å². The van der Waals surface area contributed by atoms with Crippen LogP contribution in [-0.4, -0.2) is 29.9 Å². The van der Waals surface area contributed by atoms with Crippen molar-refractivity contribution >= 4 is 27.5 Å². The van der Waals surface area contributed by atoms with E-state index in [9.17, 15) is 0 Å². The van der Waals surface area contributed by atoms with Gasteiger partial charge >= 0.3 is 0 Å². The third kappa shape index (κ3) is 3.46. The minimum Gasteiger partial charge on any atom is -0.299 e. The maximum absolute atomic E-state index is 5.47. The summed E-state index contributed by atoms with van der Waals surface area (Å²) < 4.78 is 0. The average Bonchev–Trinajstić information content (AvgIpc) is 2.15. The fraction of sp³-hybridized carbons (Fsp3) is 0.778. The van der Waals surface area contributed by atoms with Crippen LogP contribution in [0.3, 0.4) is 0 Å². The van der Waals surface area contributed by atoms with Crippen LogP contribution in [-0.2, 0) is 0 Å². The monoisotopic (exact) mass is 251 g/mol. The molecule has 1 atom stereocenters. The SMILES string of the molecule is Cl/C=C/CN1CCCC(CBr)C1. The Kier molecular flexibility index (Phi) is 5.28. The van der Waals surface area contributed by atoms with E-state index in [0.29, 0.717) is 0 Å². The number of hydrogen-bond acceptors (Lipinski definition) is 1. The highest BCUT2D eigenvalue weighted by atomic mass is 79.9. The number of rotatable bonds is 3. The molecule has 0 saturated carbocycles. The molecule has 0 radical (unpaired) electrons. The van der Waals surface area contributed by atoms with Gasteiger partial charge in [-0.15, -0.1) is 0 Å². The quantitative estimate of drug-likeness (QED) is 0.698. The summed E-state index contributed by atoms with van der Waals surface area (Å²) in [7, 11) is 0. The van der Waals surface area contributed by atoms with Gasteiger partial charge in [0.1, 0.15) is 0 Å². The lowest BCUT2D eigenvalue weighted by Gasteiger charge is -2.30. The lowest BCUT2D eigenvalue weighted by molar-refractivity contribution is 0.204. The van der Waals surface area contributed by atoms with Crippen LogP contribution >= 0.6 is 27.5 Å². The molecule has 1 fully saturated rings. The molecule has 12 heavy (non-hydrogen) atoms. The van der Waals surface area contributed by atoms with E-state index in [4.69, 9.17) is 11.6 Å². The molecule has 1 unspecified atom stereocenters. The molecular weight excluding hydrogens is 237 g/mol. The molecule has 0 spiro atoms. The van der Waals surface area contributed by atoms with E-state index >= 15 is 0 Å². The van der Waals surface area contributed by atoms with Gasteiger partial charge in [-0.2, -0.15) is 0 Å². The van der Waals surface area contributed by atoms with Gasteiger partial charge < -0.3 is 0 Å². The minimum absolute atomic E-state index is 0.836. The molecule has 0 amide bonds. The van der Waals surface area contributed by atoms with Crippen LogP contribution in [0.5, 0.6) is 0 Å². The first kappa shape index (κ1) is 10.6. The van der Waals surface area contributed by atoms with Gasteiger partial charge in [0, 0.05) is 24.0 Å². The van der Waals surface area contributed by atoms with Gasteiger partial charge in [-0.25, -0.2) is 0 Å². The minimum atomic E-state index is 0.836. The predicted octanol–water partition coefficient (Wildman–Crippen LogP) is 2.85. The molecule has 1 nitrogen and oxygen atoms in total. The topological polar surface area (TPSA) is 3.24 Å². The largest absolute Gasteiger partial charge is 0.299 e. The Morgan fingerprint density at radius 1 is 1.58 bits per heavy atom. The van der Waals surface area contributed by atoms with Crippen LogP contribution in [0, 0.1) is 5.92 Å². The molecule has 1 aliphatic rings. The van der Waals surface area contributed by atoms with Crippen molar-refractivity contribution in [2.24, 2.45) is 5.92 Å². The summed E-state index contributed by atoms with van der Waals surface area (Å²) in [5, 5.41) is 1.13. The summed E-state index contributed by atoms with van der Waals surface area (Å²) in [6.07, 6.45) is 4.71. The molecule has 3 heteroatoms. The molecule has 1 saturated heterocycles. The number of likely N-dealkylation sites (tertiary alicyclic amines) is 1. The summed E-state index contributed by atoms with van der Waals surface area (Å²) in [6, 6.07) is 0. The number of piperidine rings is 1. The first-order valence-electron chi connectivity index (χ1n) is 4.40. The molecule has 1 rings (SSSR count). The summed E-state index contributed by atoms with van der Waals surface area (Å²) in [5.74, 6) is 0.836. The Bertz CT molecular complexity index is 149. The van der Waals surface area contributed by atoms with Crippen LogP contribution in [0.2, 0.25) is 0 Å². The highest BCUT2D eigenvalue weighted by Gasteiger charge is 2.17. The van der Waals surface area contributed by atoms with E-state index in [0.717, 1.165) is 17.8 Å². The average molecular weight is 253 g/mol. The van der Waals surface area contributed by atoms with Crippen molar-refractivity contribution in [3.63, 3.8) is 0 Å². The van der Waals surface area contributed by atoms with Crippen LogP contribution in [0.15, 0.2) is 11.6 Å². The molecule has 0 N–H and O–H groups in total. The van der Waals surface area contributed by atoms with Crippen molar-refractivity contribution in [1.82, 2.24) is 4.90 Å². The number of hydrogen-bond donors (Lipinski definition) is 0. The van der Waals surface area contributed by atoms with Gasteiger partial charge in [0.2, 0.25) is 0 Å². The normalized spacial score (nSPS) is 26.7. The molecule has 0 aromatic carbocycles. The molecule has 0 aromatic rings. The molecule has 0 bridgehead atoms. The van der Waals surface area contributed by atoms with E-state index in [1.54, 1.807) is 5.54 Å². The third-order valence-corrected chi connectivity index (χ3v) is 3.37. The Morgan fingerprint density at radius 3 is 3.08 bits per heavy atom. The zero-order chi connectivity index (χ0) is 8.81. The second-order valence-corrected chi connectivity index (χ2v) is 4.18. The van der Waals surface area contributed by atoms with Gasteiger partial charge in [-0.05, 0) is 25.3 Å². The Balaban J connectivity index is 2.25. The zero-order valence-electron chi connectivity index (χ0n) is 7.18. The molecule has 1 aliphatic heterocycles. The predicted molar refractivity (Wildman–Crippen MR) is 58.0 cm³/mol. The highest BCUT2D eigenvalue weighted by Crippen LogP contribution is 2.17. The molecule has 1 heterocycles. The Labute approximate surface area is 87.9 Å². The summed E-state index contributed by atoms with van der Waals surface area (Å²) >= 11 is 9.01. The summed E-state index contributed by atoms with van der Waals surface area (Å²) in [6.45, 7) is 3.45. The molecular formula is C9H15BrClN. The van der Waals surface area contributed by atoms with Crippen LogP contribution < -0.4 is 0 Å².